The fourth-order valence-electron chi connectivity index (χ4n) is 3.63. The Kier molecular flexibility index (Phi) is 6.03. The molecule has 1 aromatic heterocycles. The molecule has 0 spiro atoms. The van der Waals surface area contributed by atoms with E-state index in [2.05, 4.69) is 34.3 Å². The van der Waals surface area contributed by atoms with Gasteiger partial charge in [0.25, 0.3) is 0 Å². The van der Waals surface area contributed by atoms with Gasteiger partial charge in [0.2, 0.25) is 5.95 Å². The van der Waals surface area contributed by atoms with Gasteiger partial charge in [0.15, 0.2) is 0 Å². The van der Waals surface area contributed by atoms with Gasteiger partial charge in [-0.1, -0.05) is 55.8 Å². The number of hydrogen-bond donors (Lipinski definition) is 1. The molecule has 3 nitrogen and oxygen atoms in total. The number of hydrogen-bond acceptors (Lipinski definition) is 3. The van der Waals surface area contributed by atoms with Crippen LogP contribution in [-0.4, -0.2) is 9.97 Å². The van der Waals surface area contributed by atoms with Crippen molar-refractivity contribution in [1.82, 2.24) is 9.97 Å². The summed E-state index contributed by atoms with van der Waals surface area (Å²) in [5.41, 5.74) is 3.38. The van der Waals surface area contributed by atoms with Crippen LogP contribution in [0.5, 0.6) is 0 Å². The molecule has 0 bridgehead atoms. The maximum Gasteiger partial charge on any atom is 0.227 e. The quantitative estimate of drug-likeness (QED) is 0.359. The first kappa shape index (κ1) is 20.7. The van der Waals surface area contributed by atoms with Crippen molar-refractivity contribution < 1.29 is 8.78 Å². The lowest BCUT2D eigenvalue weighted by Crippen LogP contribution is -1.99. The second kappa shape index (κ2) is 9.04. The molecule has 0 aliphatic heterocycles. The van der Waals surface area contributed by atoms with Crippen LogP contribution in [0.2, 0.25) is 0 Å². The van der Waals surface area contributed by atoms with Crippen LogP contribution >= 0.6 is 0 Å². The van der Waals surface area contributed by atoms with Gasteiger partial charge in [-0.3, -0.25) is 0 Å². The lowest BCUT2D eigenvalue weighted by atomic mass is 9.99. The summed E-state index contributed by atoms with van der Waals surface area (Å²) < 4.78 is 29.7. The van der Waals surface area contributed by atoms with Gasteiger partial charge >= 0.3 is 0 Å². The third-order valence-corrected chi connectivity index (χ3v) is 5.05. The van der Waals surface area contributed by atoms with E-state index in [0.717, 1.165) is 18.5 Å². The number of benzene rings is 3. The first-order valence-electron chi connectivity index (χ1n) is 10.3. The van der Waals surface area contributed by atoms with Crippen LogP contribution in [0.3, 0.4) is 0 Å². The number of halogens is 2. The summed E-state index contributed by atoms with van der Waals surface area (Å²) >= 11 is 0. The summed E-state index contributed by atoms with van der Waals surface area (Å²) in [4.78, 5) is 8.94. The number of nitrogens with zero attached hydrogens (tertiary/aromatic N) is 2. The highest BCUT2D eigenvalue weighted by Crippen LogP contribution is 2.33. The molecule has 0 fully saturated rings. The van der Waals surface area contributed by atoms with Crippen molar-refractivity contribution in [3.63, 3.8) is 0 Å². The fourth-order valence-corrected chi connectivity index (χ4v) is 3.63. The molecule has 0 unspecified atom stereocenters. The molecule has 4 rings (SSSR count). The van der Waals surface area contributed by atoms with Crippen LogP contribution in [0.25, 0.3) is 28.1 Å². The molecule has 0 aliphatic rings. The van der Waals surface area contributed by atoms with E-state index < -0.39 is 11.6 Å². The smallest absolute Gasteiger partial charge is 0.227 e. The largest absolute Gasteiger partial charge is 0.324 e. The normalized spacial score (nSPS) is 11.4. The Bertz CT molecular complexity index is 1220. The van der Waals surface area contributed by atoms with Gasteiger partial charge in [-0.05, 0) is 48.7 Å². The number of rotatable bonds is 6. The average Bonchev–Trinajstić information content (AvgIpc) is 2.75. The van der Waals surface area contributed by atoms with Crippen LogP contribution in [0.4, 0.5) is 20.4 Å². The number of para-hydroxylation sites is 1. The van der Waals surface area contributed by atoms with E-state index >= 15 is 0 Å². The number of fused-ring (bicyclic) bond motifs is 1. The zero-order valence-electron chi connectivity index (χ0n) is 17.5. The Hall–Kier alpha value is -3.60. The molecule has 3 aromatic carbocycles. The minimum atomic E-state index is -0.625. The van der Waals surface area contributed by atoms with Gasteiger partial charge in [-0.15, -0.1) is 0 Å². The van der Waals surface area contributed by atoms with Crippen molar-refractivity contribution in [2.24, 2.45) is 0 Å². The maximum absolute atomic E-state index is 14.9. The van der Waals surface area contributed by atoms with Crippen molar-refractivity contribution in [1.29, 1.82) is 0 Å². The van der Waals surface area contributed by atoms with E-state index in [1.54, 1.807) is 37.4 Å². The van der Waals surface area contributed by atoms with E-state index in [1.807, 2.05) is 18.2 Å². The number of aryl methyl sites for hydroxylation is 1. The van der Waals surface area contributed by atoms with Gasteiger partial charge < -0.3 is 5.32 Å². The molecule has 1 heterocycles. The van der Waals surface area contributed by atoms with Crippen molar-refractivity contribution >= 4 is 28.6 Å². The van der Waals surface area contributed by atoms with Crippen molar-refractivity contribution in [2.45, 2.75) is 26.7 Å². The molecule has 0 radical (unpaired) electrons. The third kappa shape index (κ3) is 4.45. The third-order valence-electron chi connectivity index (χ3n) is 5.05. The van der Waals surface area contributed by atoms with Crippen LogP contribution in [-0.2, 0) is 6.42 Å². The predicted molar refractivity (Wildman–Crippen MR) is 123 cm³/mol. The van der Waals surface area contributed by atoms with Crippen molar-refractivity contribution in [2.75, 3.05) is 5.32 Å². The summed E-state index contributed by atoms with van der Waals surface area (Å²) in [5, 5.41) is 3.89. The highest BCUT2D eigenvalue weighted by molar-refractivity contribution is 5.94. The van der Waals surface area contributed by atoms with Crippen LogP contribution < -0.4 is 5.32 Å². The van der Waals surface area contributed by atoms with E-state index in [9.17, 15) is 8.78 Å². The Balaban J connectivity index is 1.75. The molecule has 1 N–H and O–H groups in total. The fraction of sp³-hybridized carbons (Fsp3) is 0.154. The number of aromatic nitrogens is 2. The topological polar surface area (TPSA) is 37.8 Å². The second-order valence-electron chi connectivity index (χ2n) is 7.37. The zero-order chi connectivity index (χ0) is 21.8. The van der Waals surface area contributed by atoms with Gasteiger partial charge in [0, 0.05) is 22.8 Å². The molecule has 0 amide bonds. The Morgan fingerprint density at radius 1 is 1.00 bits per heavy atom. The lowest BCUT2D eigenvalue weighted by Gasteiger charge is -2.11. The minimum absolute atomic E-state index is 0.0904. The van der Waals surface area contributed by atoms with E-state index in [-0.39, 0.29) is 5.56 Å². The zero-order valence-corrected chi connectivity index (χ0v) is 17.5. The van der Waals surface area contributed by atoms with Gasteiger partial charge in [0.1, 0.15) is 11.6 Å². The van der Waals surface area contributed by atoms with Crippen molar-refractivity contribution in [3.05, 3.63) is 89.6 Å². The van der Waals surface area contributed by atoms with E-state index in [4.69, 9.17) is 0 Å². The summed E-state index contributed by atoms with van der Waals surface area (Å²) in [6.07, 6.45) is 7.18. The monoisotopic (exact) mass is 415 g/mol. The standard InChI is InChI=1S/C26H23F2N3/c1-3-6-17-10-12-20(13-11-17)30-26-29-16-19-8-5-9-21(25(19)31-26)24-22(27)14-18(7-4-2)15-23(24)28/h4-5,7-16H,3,6H2,1-2H3,(H,29,30,31)/b7-4+. The Morgan fingerprint density at radius 3 is 2.42 bits per heavy atom. The first-order valence-corrected chi connectivity index (χ1v) is 10.3. The predicted octanol–water partition coefficient (Wildman–Crippen LogP) is 7.30. The molecule has 0 saturated heterocycles. The molecule has 0 atom stereocenters. The van der Waals surface area contributed by atoms with Crippen LogP contribution in [0.1, 0.15) is 31.4 Å². The van der Waals surface area contributed by atoms with Gasteiger partial charge in [-0.25, -0.2) is 18.7 Å². The van der Waals surface area contributed by atoms with E-state index in [0.29, 0.717) is 28.0 Å². The minimum Gasteiger partial charge on any atom is -0.324 e. The lowest BCUT2D eigenvalue weighted by molar-refractivity contribution is 0.589. The number of anilines is 2. The summed E-state index contributed by atoms with van der Waals surface area (Å²) in [5.74, 6) is -0.880. The van der Waals surface area contributed by atoms with Crippen molar-refractivity contribution in [3.8, 4) is 11.1 Å². The van der Waals surface area contributed by atoms with E-state index in [1.165, 1.54) is 17.7 Å². The van der Waals surface area contributed by atoms with Gasteiger partial charge in [-0.2, -0.15) is 0 Å². The molecule has 0 saturated carbocycles. The molecule has 4 aromatic rings. The first-order chi connectivity index (χ1) is 15.1. The molecular weight excluding hydrogens is 392 g/mol. The molecule has 5 heteroatoms. The van der Waals surface area contributed by atoms with Gasteiger partial charge in [0.05, 0.1) is 11.1 Å². The summed E-state index contributed by atoms with van der Waals surface area (Å²) in [6, 6.07) is 16.0. The second-order valence-corrected chi connectivity index (χ2v) is 7.37. The number of nitrogens with one attached hydrogen (secondary N) is 1. The summed E-state index contributed by atoms with van der Waals surface area (Å²) in [7, 11) is 0. The Labute approximate surface area is 180 Å². The highest BCUT2D eigenvalue weighted by atomic mass is 19.1. The summed E-state index contributed by atoms with van der Waals surface area (Å²) in [6.45, 7) is 3.95. The molecule has 31 heavy (non-hydrogen) atoms. The SMILES string of the molecule is C/C=C/c1cc(F)c(-c2cccc3cnc(Nc4ccc(CCC)cc4)nc23)c(F)c1. The molecule has 156 valence electrons. The average molecular weight is 415 g/mol. The van der Waals surface area contributed by atoms with Crippen LogP contribution in [0, 0.1) is 11.6 Å². The molecular formula is C26H23F2N3. The molecule has 0 aliphatic carbocycles. The Morgan fingerprint density at radius 2 is 1.74 bits per heavy atom. The highest BCUT2D eigenvalue weighted by Gasteiger charge is 2.16. The van der Waals surface area contributed by atoms with Crippen LogP contribution in [0.15, 0.2) is 66.9 Å². The number of allylic oxidation sites excluding steroid dienone is 1. The maximum atomic E-state index is 14.9.